The Morgan fingerprint density at radius 3 is 2.40 bits per heavy atom. The van der Waals surface area contributed by atoms with Gasteiger partial charge in [0, 0.05) is 18.2 Å². The molecule has 0 saturated carbocycles. The number of hydrogen-bond acceptors (Lipinski definition) is 10. The molecular weight excluding hydrogens is 634 g/mol. The molecule has 6 N–H and O–H groups in total. The van der Waals surface area contributed by atoms with E-state index in [2.05, 4.69) is 25.0 Å². The van der Waals surface area contributed by atoms with Crippen molar-refractivity contribution in [1.82, 2.24) is 29.6 Å². The molecule has 5 rings (SSSR count). The van der Waals surface area contributed by atoms with Crippen LogP contribution >= 0.6 is 0 Å². The Morgan fingerprint density at radius 2 is 1.70 bits per heavy atom. The third kappa shape index (κ3) is 6.79. The number of primary amides is 1. The first-order chi connectivity index (χ1) is 22.3. The topological polar surface area (TPSA) is 246 Å². The number of nitrogens with one attached hydrogen (secondary N) is 3. The number of nitrogens with two attached hydrogens (primary N) is 1. The summed E-state index contributed by atoms with van der Waals surface area (Å²) in [6.45, 7) is 0. The van der Waals surface area contributed by atoms with Crippen LogP contribution in [0.25, 0.3) is 22.1 Å². The Hall–Kier alpha value is -6.10. The predicted molar refractivity (Wildman–Crippen MR) is 165 cm³/mol. The Bertz CT molecular complexity index is 2210. The van der Waals surface area contributed by atoms with E-state index in [1.165, 1.54) is 30.3 Å². The van der Waals surface area contributed by atoms with Gasteiger partial charge in [0.05, 0.1) is 47.6 Å². The summed E-state index contributed by atoms with van der Waals surface area (Å²) in [6, 6.07) is 12.5. The van der Waals surface area contributed by atoms with E-state index in [1.807, 2.05) is 0 Å². The number of aromatic nitrogens is 4. The highest BCUT2D eigenvalue weighted by Gasteiger charge is 2.29. The fourth-order valence-electron chi connectivity index (χ4n) is 4.84. The van der Waals surface area contributed by atoms with Crippen LogP contribution in [0.15, 0.2) is 65.6 Å². The van der Waals surface area contributed by atoms with Crippen LogP contribution in [-0.2, 0) is 37.8 Å². The van der Waals surface area contributed by atoms with E-state index in [0.717, 1.165) is 13.2 Å². The van der Waals surface area contributed by atoms with E-state index in [-0.39, 0.29) is 17.5 Å². The van der Waals surface area contributed by atoms with Gasteiger partial charge < -0.3 is 30.4 Å². The van der Waals surface area contributed by atoms with Gasteiger partial charge in [0.25, 0.3) is 15.9 Å². The number of nitrogens with zero attached hydrogens (tertiary/aromatic N) is 3. The van der Waals surface area contributed by atoms with Crippen molar-refractivity contribution >= 4 is 61.8 Å². The maximum atomic E-state index is 13.1. The highest BCUT2D eigenvalue weighted by Crippen LogP contribution is 2.21. The maximum absolute atomic E-state index is 13.1. The number of aromatic amines is 1. The number of hydrogen-bond donors (Lipinski definition) is 5. The molecule has 3 aromatic carbocycles. The number of aryl methyl sites for hydroxylation is 1. The van der Waals surface area contributed by atoms with E-state index in [0.29, 0.717) is 39.3 Å². The second kappa shape index (κ2) is 12.7. The zero-order valence-corrected chi connectivity index (χ0v) is 25.6. The van der Waals surface area contributed by atoms with Crippen molar-refractivity contribution in [2.75, 3.05) is 7.11 Å². The zero-order chi connectivity index (χ0) is 34.0. The predicted octanol–water partition coefficient (Wildman–Crippen LogP) is 1.00. The monoisotopic (exact) mass is 661 g/mol. The molecule has 0 unspecified atom stereocenters. The molecule has 16 nitrogen and oxygen atoms in total. The summed E-state index contributed by atoms with van der Waals surface area (Å²) in [5.41, 5.74) is 7.75. The van der Waals surface area contributed by atoms with Crippen LogP contribution in [0.2, 0.25) is 0 Å². The Morgan fingerprint density at radius 1 is 1.00 bits per heavy atom. The van der Waals surface area contributed by atoms with Crippen LogP contribution in [0.3, 0.4) is 0 Å². The number of carbonyl (C=O) groups is 5. The number of H-pyrrole nitrogens is 1. The van der Waals surface area contributed by atoms with Gasteiger partial charge in [-0.15, -0.1) is 0 Å². The molecule has 17 heteroatoms. The third-order valence-electron chi connectivity index (χ3n) is 7.20. The first-order valence-electron chi connectivity index (χ1n) is 13.8. The molecule has 1 atom stereocenters. The van der Waals surface area contributed by atoms with Crippen LogP contribution in [0.1, 0.15) is 49.1 Å². The number of fused-ring (bicyclic) bond motifs is 2. The number of carboxylic acid groups (broad SMARTS) is 1. The van der Waals surface area contributed by atoms with Gasteiger partial charge in [-0.25, -0.2) is 32.7 Å². The highest BCUT2D eigenvalue weighted by molar-refractivity contribution is 7.90. The molecule has 3 amide bonds. The Kier molecular flexibility index (Phi) is 8.74. The summed E-state index contributed by atoms with van der Waals surface area (Å²) in [5.74, 6) is -4.03. The molecule has 0 aliphatic carbocycles. The van der Waals surface area contributed by atoms with Crippen molar-refractivity contribution < 1.29 is 42.2 Å². The lowest BCUT2D eigenvalue weighted by Crippen LogP contribution is -2.45. The normalized spacial score (nSPS) is 12.0. The summed E-state index contributed by atoms with van der Waals surface area (Å²) in [6.07, 6.45) is -0.659. The number of benzene rings is 3. The van der Waals surface area contributed by atoms with Gasteiger partial charge in [-0.05, 0) is 48.5 Å². The maximum Gasteiger partial charge on any atom is 0.339 e. The lowest BCUT2D eigenvalue weighted by atomic mass is 10.1. The van der Waals surface area contributed by atoms with Crippen molar-refractivity contribution in [1.29, 1.82) is 0 Å². The molecule has 0 bridgehead atoms. The lowest BCUT2D eigenvalue weighted by molar-refractivity contribution is -0.141. The number of carboxylic acids is 1. The molecule has 0 saturated heterocycles. The first-order valence-corrected chi connectivity index (χ1v) is 15.3. The largest absolute Gasteiger partial charge is 0.480 e. The number of methoxy groups -OCH3 is 1. The molecular formula is C30H27N7O9S. The van der Waals surface area contributed by atoms with E-state index in [9.17, 15) is 37.5 Å². The van der Waals surface area contributed by atoms with E-state index < -0.39 is 57.0 Å². The number of esters is 1. The van der Waals surface area contributed by atoms with Gasteiger partial charge >= 0.3 is 11.9 Å². The molecule has 0 aliphatic rings. The van der Waals surface area contributed by atoms with Crippen molar-refractivity contribution in [2.45, 2.75) is 23.8 Å². The second-order valence-electron chi connectivity index (χ2n) is 10.3. The van der Waals surface area contributed by atoms with Crippen molar-refractivity contribution in [3.05, 3.63) is 89.0 Å². The molecule has 0 aliphatic heterocycles. The minimum atomic E-state index is -4.60. The molecule has 0 spiro atoms. The van der Waals surface area contributed by atoms with E-state index >= 15 is 0 Å². The summed E-state index contributed by atoms with van der Waals surface area (Å²) < 4.78 is 33.7. The average molecular weight is 662 g/mol. The third-order valence-corrected chi connectivity index (χ3v) is 8.63. The fourth-order valence-corrected chi connectivity index (χ4v) is 6.03. The number of ether oxygens (including phenoxy) is 1. The summed E-state index contributed by atoms with van der Waals surface area (Å²) >= 11 is 0. The summed E-state index contributed by atoms with van der Waals surface area (Å²) in [5, 5.41) is 11.9. The van der Waals surface area contributed by atoms with Crippen molar-refractivity contribution in [2.24, 2.45) is 12.8 Å². The number of sulfonamides is 1. The molecule has 47 heavy (non-hydrogen) atoms. The number of carbonyl (C=O) groups excluding carboxylic acids is 4. The molecule has 242 valence electrons. The summed E-state index contributed by atoms with van der Waals surface area (Å²) in [7, 11) is -1.82. The molecule has 0 radical (unpaired) electrons. The van der Waals surface area contributed by atoms with E-state index in [4.69, 9.17) is 5.73 Å². The quantitative estimate of drug-likeness (QED) is 0.125. The van der Waals surface area contributed by atoms with Gasteiger partial charge in [-0.3, -0.25) is 14.4 Å². The second-order valence-corrected chi connectivity index (χ2v) is 12.0. The SMILES string of the molecule is COC(=O)c1ccccc1S(=O)(=O)NC(=O)C[C@H](NC(=O)c1ccc2nc(Cc3nc4ccc(C(N)=O)cc4[nH]3)n(C)c2c1)C(=O)O. The number of rotatable bonds is 11. The minimum absolute atomic E-state index is 0.0565. The van der Waals surface area contributed by atoms with Crippen LogP contribution < -0.4 is 15.8 Å². The Balaban J connectivity index is 1.30. The van der Waals surface area contributed by atoms with Gasteiger partial charge in [-0.1, -0.05) is 12.1 Å². The van der Waals surface area contributed by atoms with Crippen LogP contribution in [0, 0.1) is 0 Å². The fraction of sp³-hybridized carbons (Fsp3) is 0.167. The number of aliphatic carboxylic acids is 1. The standard InChI is InChI=1S/C30H27N7O9S/c1-37-22-12-16(8-10-19(22)34-25(37)14-24-32-18-9-7-15(27(31)39)11-20(18)33-24)28(40)35-21(29(41)42)13-26(38)36-47(44,45)23-6-4-3-5-17(23)30(43)46-2/h3-12,21H,13-14H2,1-2H3,(H2,31,39)(H,32,33)(H,35,40)(H,36,38)(H,41,42)/t21-/m0/s1. The number of imidazole rings is 2. The lowest BCUT2D eigenvalue weighted by Gasteiger charge is -2.15. The van der Waals surface area contributed by atoms with Crippen LogP contribution in [0.4, 0.5) is 0 Å². The Labute approximate surface area is 266 Å². The van der Waals surface area contributed by atoms with Gasteiger partial charge in [0.2, 0.25) is 11.8 Å². The first kappa shape index (κ1) is 32.3. The molecule has 2 heterocycles. The average Bonchev–Trinajstić information content (AvgIpc) is 3.58. The van der Waals surface area contributed by atoms with Crippen LogP contribution in [0.5, 0.6) is 0 Å². The smallest absolute Gasteiger partial charge is 0.339 e. The van der Waals surface area contributed by atoms with Crippen molar-refractivity contribution in [3.63, 3.8) is 0 Å². The molecule has 2 aromatic heterocycles. The molecule has 0 fully saturated rings. The highest BCUT2D eigenvalue weighted by atomic mass is 32.2. The van der Waals surface area contributed by atoms with Gasteiger partial charge in [0.1, 0.15) is 22.6 Å². The zero-order valence-electron chi connectivity index (χ0n) is 24.8. The summed E-state index contributed by atoms with van der Waals surface area (Å²) in [4.78, 5) is 72.8. The van der Waals surface area contributed by atoms with Crippen LogP contribution in [-0.4, -0.2) is 75.9 Å². The van der Waals surface area contributed by atoms with E-state index in [1.54, 1.807) is 40.6 Å². The minimum Gasteiger partial charge on any atom is -0.480 e. The number of amides is 3. The van der Waals surface area contributed by atoms with Gasteiger partial charge in [-0.2, -0.15) is 0 Å². The van der Waals surface area contributed by atoms with Gasteiger partial charge in [0.15, 0.2) is 0 Å². The van der Waals surface area contributed by atoms with Crippen molar-refractivity contribution in [3.8, 4) is 0 Å². The molecule has 5 aromatic rings.